The van der Waals surface area contributed by atoms with Crippen LogP contribution >= 0.6 is 23.2 Å². The molecule has 0 bridgehead atoms. The number of hydrogen-bond acceptors (Lipinski definition) is 3. The number of nitrogens with zero attached hydrogens (tertiary/aromatic N) is 3. The number of fused-ring (bicyclic) bond motifs is 1. The molecule has 0 radical (unpaired) electrons. The summed E-state index contributed by atoms with van der Waals surface area (Å²) in [6.07, 6.45) is 7.07. The Kier molecular flexibility index (Phi) is 6.22. The average Bonchev–Trinajstić information content (AvgIpc) is 2.97. The van der Waals surface area contributed by atoms with Crippen LogP contribution in [0.25, 0.3) is 5.69 Å². The van der Waals surface area contributed by atoms with E-state index in [-0.39, 0.29) is 0 Å². The molecule has 1 fully saturated rings. The maximum absolute atomic E-state index is 6.35. The molecule has 1 unspecified atom stereocenters. The van der Waals surface area contributed by atoms with Gasteiger partial charge in [0.2, 0.25) is 0 Å². The van der Waals surface area contributed by atoms with E-state index in [1.165, 1.54) is 42.5 Å². The van der Waals surface area contributed by atoms with Gasteiger partial charge in [-0.05, 0) is 62.4 Å². The Balaban J connectivity index is 1.55. The number of aromatic nitrogens is 2. The fourth-order valence-corrected chi connectivity index (χ4v) is 5.20. The highest BCUT2D eigenvalue weighted by Crippen LogP contribution is 2.39. The summed E-state index contributed by atoms with van der Waals surface area (Å²) in [5.74, 6) is 1.12. The molecule has 2 aromatic carbocycles. The van der Waals surface area contributed by atoms with E-state index >= 15 is 0 Å². The highest BCUT2D eigenvalue weighted by molar-refractivity contribution is 6.42. The third-order valence-electron chi connectivity index (χ3n) is 6.47. The van der Waals surface area contributed by atoms with Gasteiger partial charge in [-0.3, -0.25) is 4.90 Å². The Bertz CT molecular complexity index is 1050. The molecule has 1 aromatic heterocycles. The molecular weight excluding hydrogens is 427 g/mol. The smallest absolute Gasteiger partial charge is 0.133 e. The summed E-state index contributed by atoms with van der Waals surface area (Å²) in [6, 6.07) is 16.9. The molecule has 3 heterocycles. The van der Waals surface area contributed by atoms with Crippen LogP contribution in [0.5, 0.6) is 0 Å². The molecule has 0 saturated carbocycles. The molecule has 4 nitrogen and oxygen atoms in total. The molecule has 6 heteroatoms. The van der Waals surface area contributed by atoms with Gasteiger partial charge in [0.25, 0.3) is 0 Å². The van der Waals surface area contributed by atoms with Crippen molar-refractivity contribution >= 4 is 29.0 Å². The minimum Gasteiger partial charge on any atom is -0.370 e. The van der Waals surface area contributed by atoms with Crippen LogP contribution < -0.4 is 5.32 Å². The lowest BCUT2D eigenvalue weighted by molar-refractivity contribution is 0.136. The molecule has 162 valence electrons. The van der Waals surface area contributed by atoms with Crippen molar-refractivity contribution in [2.75, 3.05) is 18.4 Å². The summed E-state index contributed by atoms with van der Waals surface area (Å²) in [6.45, 7) is 3.05. The lowest BCUT2D eigenvalue weighted by Crippen LogP contribution is -2.33. The second-order valence-electron chi connectivity index (χ2n) is 8.57. The van der Waals surface area contributed by atoms with Crippen LogP contribution in [-0.2, 0) is 13.0 Å². The van der Waals surface area contributed by atoms with Crippen molar-refractivity contribution < 1.29 is 0 Å². The molecule has 1 N–H and O–H groups in total. The van der Waals surface area contributed by atoms with Crippen LogP contribution in [0.3, 0.4) is 0 Å². The monoisotopic (exact) mass is 454 g/mol. The van der Waals surface area contributed by atoms with Gasteiger partial charge >= 0.3 is 0 Å². The lowest BCUT2D eigenvalue weighted by atomic mass is 9.94. The molecular formula is C25H28Cl2N4. The highest BCUT2D eigenvalue weighted by Gasteiger charge is 2.31. The van der Waals surface area contributed by atoms with Gasteiger partial charge in [-0.25, -0.2) is 4.68 Å². The Morgan fingerprint density at radius 2 is 1.84 bits per heavy atom. The Morgan fingerprint density at radius 3 is 2.68 bits per heavy atom. The molecule has 2 aliphatic rings. The third kappa shape index (κ3) is 4.34. The molecule has 5 rings (SSSR count). The molecule has 2 aliphatic heterocycles. The van der Waals surface area contributed by atoms with E-state index < -0.39 is 0 Å². The standard InChI is InChI=1S/C25H28Cl2N4/c26-21-13-12-19(16-22(21)27)31-25-20(10-4-6-14-28-25)24(29-31)23-11-5-7-15-30(23)17-18-8-2-1-3-9-18/h1-3,8-9,12-13,16,23,28H,4-7,10-11,14-15,17H2. The van der Waals surface area contributed by atoms with E-state index in [1.54, 1.807) is 0 Å². The fraction of sp³-hybridized carbons (Fsp3) is 0.400. The van der Waals surface area contributed by atoms with Crippen LogP contribution in [0.1, 0.15) is 55.0 Å². The van der Waals surface area contributed by atoms with Gasteiger partial charge in [-0.15, -0.1) is 0 Å². The predicted molar refractivity (Wildman–Crippen MR) is 128 cm³/mol. The maximum Gasteiger partial charge on any atom is 0.133 e. The van der Waals surface area contributed by atoms with Crippen LogP contribution in [0.2, 0.25) is 10.0 Å². The first-order chi connectivity index (χ1) is 15.2. The molecule has 0 amide bonds. The Morgan fingerprint density at radius 1 is 0.968 bits per heavy atom. The molecule has 1 saturated heterocycles. The lowest BCUT2D eigenvalue weighted by Gasteiger charge is -2.35. The first kappa shape index (κ1) is 20.9. The van der Waals surface area contributed by atoms with E-state index in [2.05, 4.69) is 40.5 Å². The largest absolute Gasteiger partial charge is 0.370 e. The number of anilines is 1. The van der Waals surface area contributed by atoms with E-state index in [0.717, 1.165) is 44.0 Å². The minimum atomic E-state index is 0.339. The molecule has 31 heavy (non-hydrogen) atoms. The number of nitrogens with one attached hydrogen (secondary N) is 1. The van der Waals surface area contributed by atoms with Gasteiger partial charge in [0.15, 0.2) is 0 Å². The quantitative estimate of drug-likeness (QED) is 0.478. The number of rotatable bonds is 4. The van der Waals surface area contributed by atoms with Crippen LogP contribution in [-0.4, -0.2) is 27.8 Å². The predicted octanol–water partition coefficient (Wildman–Crippen LogP) is 6.65. The zero-order chi connectivity index (χ0) is 21.2. The van der Waals surface area contributed by atoms with E-state index in [1.807, 2.05) is 22.9 Å². The zero-order valence-electron chi connectivity index (χ0n) is 17.7. The third-order valence-corrected chi connectivity index (χ3v) is 7.21. The summed E-state index contributed by atoms with van der Waals surface area (Å²) in [4.78, 5) is 2.62. The fourth-order valence-electron chi connectivity index (χ4n) is 4.91. The van der Waals surface area contributed by atoms with Crippen molar-refractivity contribution in [3.05, 3.63) is 75.4 Å². The van der Waals surface area contributed by atoms with Gasteiger partial charge in [-0.1, -0.05) is 60.0 Å². The van der Waals surface area contributed by atoms with Crippen molar-refractivity contribution in [1.29, 1.82) is 0 Å². The number of halogens is 2. The first-order valence-electron chi connectivity index (χ1n) is 11.3. The summed E-state index contributed by atoms with van der Waals surface area (Å²) < 4.78 is 2.05. The molecule has 0 spiro atoms. The van der Waals surface area contributed by atoms with Crippen molar-refractivity contribution in [2.24, 2.45) is 0 Å². The van der Waals surface area contributed by atoms with E-state index in [4.69, 9.17) is 28.3 Å². The van der Waals surface area contributed by atoms with Gasteiger partial charge < -0.3 is 5.32 Å². The van der Waals surface area contributed by atoms with Crippen molar-refractivity contribution in [1.82, 2.24) is 14.7 Å². The SMILES string of the molecule is Clc1ccc(-n2nc(C3CCCCN3Cc3ccccc3)c3c2NCCCC3)cc1Cl. The van der Waals surface area contributed by atoms with Crippen molar-refractivity contribution in [2.45, 2.75) is 51.1 Å². The van der Waals surface area contributed by atoms with Crippen LogP contribution in [0.15, 0.2) is 48.5 Å². The zero-order valence-corrected chi connectivity index (χ0v) is 19.2. The maximum atomic E-state index is 6.35. The number of hydrogen-bond donors (Lipinski definition) is 1. The number of benzene rings is 2. The van der Waals surface area contributed by atoms with Crippen molar-refractivity contribution in [3.8, 4) is 5.69 Å². The summed E-state index contributed by atoms with van der Waals surface area (Å²) in [5, 5.41) is 9.98. The summed E-state index contributed by atoms with van der Waals surface area (Å²) in [5.41, 5.74) is 4.92. The summed E-state index contributed by atoms with van der Waals surface area (Å²) >= 11 is 12.5. The molecule has 1 atom stereocenters. The second kappa shape index (κ2) is 9.23. The second-order valence-corrected chi connectivity index (χ2v) is 9.39. The van der Waals surface area contributed by atoms with E-state index in [9.17, 15) is 0 Å². The molecule has 3 aromatic rings. The van der Waals surface area contributed by atoms with Gasteiger partial charge in [0.1, 0.15) is 5.82 Å². The normalized spacial score (nSPS) is 19.5. The van der Waals surface area contributed by atoms with Crippen LogP contribution in [0, 0.1) is 0 Å². The van der Waals surface area contributed by atoms with Gasteiger partial charge in [-0.2, -0.15) is 5.10 Å². The molecule has 0 aliphatic carbocycles. The first-order valence-corrected chi connectivity index (χ1v) is 12.1. The Labute approximate surface area is 194 Å². The minimum absolute atomic E-state index is 0.339. The number of likely N-dealkylation sites (tertiary alicyclic amines) is 1. The number of piperidine rings is 1. The Hall–Kier alpha value is -2.01. The average molecular weight is 455 g/mol. The van der Waals surface area contributed by atoms with Gasteiger partial charge in [0, 0.05) is 18.7 Å². The van der Waals surface area contributed by atoms with Gasteiger partial charge in [0.05, 0.1) is 27.5 Å². The summed E-state index contributed by atoms with van der Waals surface area (Å²) in [7, 11) is 0. The highest BCUT2D eigenvalue weighted by atomic mass is 35.5. The van der Waals surface area contributed by atoms with E-state index in [0.29, 0.717) is 16.1 Å². The van der Waals surface area contributed by atoms with Crippen LogP contribution in [0.4, 0.5) is 5.82 Å². The topological polar surface area (TPSA) is 33.1 Å². The van der Waals surface area contributed by atoms with Crippen molar-refractivity contribution in [3.63, 3.8) is 0 Å².